The van der Waals surface area contributed by atoms with Crippen molar-refractivity contribution in [2.24, 2.45) is 4.99 Å². The van der Waals surface area contributed by atoms with Gasteiger partial charge in [0, 0.05) is 38.8 Å². The van der Waals surface area contributed by atoms with Crippen LogP contribution in [0, 0.1) is 6.92 Å². The lowest BCUT2D eigenvalue weighted by molar-refractivity contribution is 0.0514. The molecule has 0 spiro atoms. The van der Waals surface area contributed by atoms with Crippen molar-refractivity contribution in [3.05, 3.63) is 71.3 Å². The zero-order chi connectivity index (χ0) is 18.2. The van der Waals surface area contributed by atoms with Crippen molar-refractivity contribution >= 4 is 5.96 Å². The monoisotopic (exact) mass is 351 g/mol. The van der Waals surface area contributed by atoms with Crippen molar-refractivity contribution in [1.82, 2.24) is 10.6 Å². The molecule has 0 unspecified atom stereocenters. The molecule has 0 radical (unpaired) electrons. The molecule has 1 saturated heterocycles. The van der Waals surface area contributed by atoms with Crippen LogP contribution in [0.25, 0.3) is 0 Å². The molecule has 2 aromatic carbocycles. The molecule has 0 aromatic heterocycles. The van der Waals surface area contributed by atoms with Crippen molar-refractivity contribution < 1.29 is 4.74 Å². The van der Waals surface area contributed by atoms with E-state index >= 15 is 0 Å². The molecule has 0 bridgehead atoms. The molecule has 138 valence electrons. The van der Waals surface area contributed by atoms with Crippen LogP contribution in [-0.4, -0.2) is 32.8 Å². The molecule has 1 fully saturated rings. The number of ether oxygens (including phenoxy) is 1. The largest absolute Gasteiger partial charge is 0.381 e. The Morgan fingerprint density at radius 3 is 2.50 bits per heavy atom. The van der Waals surface area contributed by atoms with Gasteiger partial charge < -0.3 is 15.4 Å². The Balaban J connectivity index is 1.64. The smallest absolute Gasteiger partial charge is 0.191 e. The maximum atomic E-state index is 5.62. The molecule has 26 heavy (non-hydrogen) atoms. The molecule has 1 aliphatic heterocycles. The number of rotatable bonds is 5. The Bertz CT molecular complexity index is 721. The van der Waals surface area contributed by atoms with Crippen LogP contribution in [0.5, 0.6) is 0 Å². The van der Waals surface area contributed by atoms with E-state index in [1.807, 2.05) is 7.05 Å². The topological polar surface area (TPSA) is 45.7 Å². The van der Waals surface area contributed by atoms with Crippen LogP contribution in [0.3, 0.4) is 0 Å². The van der Waals surface area contributed by atoms with Gasteiger partial charge in [0.15, 0.2) is 5.96 Å². The van der Waals surface area contributed by atoms with Crippen LogP contribution in [-0.2, 0) is 16.7 Å². The third-order valence-electron chi connectivity index (χ3n) is 5.20. The van der Waals surface area contributed by atoms with Gasteiger partial charge in [-0.05, 0) is 30.9 Å². The molecular formula is C22H29N3O. The third-order valence-corrected chi connectivity index (χ3v) is 5.20. The maximum Gasteiger partial charge on any atom is 0.191 e. The average molecular weight is 351 g/mol. The number of nitrogens with one attached hydrogen (secondary N) is 2. The van der Waals surface area contributed by atoms with E-state index in [1.165, 1.54) is 16.7 Å². The van der Waals surface area contributed by atoms with Gasteiger partial charge >= 0.3 is 0 Å². The molecule has 2 aromatic rings. The van der Waals surface area contributed by atoms with E-state index in [0.717, 1.165) is 45.1 Å². The van der Waals surface area contributed by atoms with Gasteiger partial charge in [0.1, 0.15) is 0 Å². The normalized spacial score (nSPS) is 16.9. The fourth-order valence-electron chi connectivity index (χ4n) is 3.60. The van der Waals surface area contributed by atoms with Crippen LogP contribution in [0.4, 0.5) is 0 Å². The first-order valence-corrected chi connectivity index (χ1v) is 9.35. The van der Waals surface area contributed by atoms with Crippen molar-refractivity contribution in [1.29, 1.82) is 0 Å². The lowest BCUT2D eigenvalue weighted by Crippen LogP contribution is -2.47. The molecule has 0 aliphatic carbocycles. The summed E-state index contributed by atoms with van der Waals surface area (Å²) in [5.74, 6) is 0.841. The third kappa shape index (κ3) is 4.64. The van der Waals surface area contributed by atoms with Crippen molar-refractivity contribution in [2.75, 3.05) is 26.8 Å². The minimum absolute atomic E-state index is 0.0977. The number of hydrogen-bond acceptors (Lipinski definition) is 2. The van der Waals surface area contributed by atoms with Gasteiger partial charge in [-0.1, -0.05) is 60.2 Å². The highest BCUT2D eigenvalue weighted by atomic mass is 16.5. The fourth-order valence-corrected chi connectivity index (χ4v) is 3.60. The second kappa shape index (κ2) is 8.86. The summed E-state index contributed by atoms with van der Waals surface area (Å²) in [7, 11) is 1.82. The standard InChI is InChI=1S/C22H29N3O/c1-18-7-6-8-19(15-18)16-24-21(23-2)25-17-22(11-13-26-14-12-22)20-9-4-3-5-10-20/h3-10,15H,11-14,16-17H2,1-2H3,(H2,23,24,25). The second-order valence-electron chi connectivity index (χ2n) is 7.03. The minimum Gasteiger partial charge on any atom is -0.381 e. The Morgan fingerprint density at radius 2 is 1.81 bits per heavy atom. The molecule has 1 aliphatic rings. The Kier molecular flexibility index (Phi) is 6.29. The van der Waals surface area contributed by atoms with Gasteiger partial charge in [0.2, 0.25) is 0 Å². The summed E-state index contributed by atoms with van der Waals surface area (Å²) in [6, 6.07) is 19.3. The van der Waals surface area contributed by atoms with E-state index in [4.69, 9.17) is 4.74 Å². The highest BCUT2D eigenvalue weighted by molar-refractivity contribution is 5.79. The van der Waals surface area contributed by atoms with E-state index in [1.54, 1.807) is 0 Å². The number of aliphatic imine (C=N–C) groups is 1. The Labute approximate surface area is 156 Å². The highest BCUT2D eigenvalue weighted by Gasteiger charge is 2.34. The summed E-state index contributed by atoms with van der Waals surface area (Å²) in [5.41, 5.74) is 4.01. The zero-order valence-electron chi connectivity index (χ0n) is 15.8. The van der Waals surface area contributed by atoms with Crippen LogP contribution >= 0.6 is 0 Å². The van der Waals surface area contributed by atoms with Gasteiger partial charge in [-0.25, -0.2) is 0 Å². The van der Waals surface area contributed by atoms with Crippen LogP contribution in [0.2, 0.25) is 0 Å². The molecular weight excluding hydrogens is 322 g/mol. The van der Waals surface area contributed by atoms with Gasteiger partial charge in [0.25, 0.3) is 0 Å². The van der Waals surface area contributed by atoms with E-state index in [9.17, 15) is 0 Å². The first kappa shape index (κ1) is 18.5. The number of guanidine groups is 1. The second-order valence-corrected chi connectivity index (χ2v) is 7.03. The number of hydrogen-bond donors (Lipinski definition) is 2. The van der Waals surface area contributed by atoms with E-state index in [0.29, 0.717) is 0 Å². The van der Waals surface area contributed by atoms with Crippen molar-refractivity contribution in [3.63, 3.8) is 0 Å². The summed E-state index contributed by atoms with van der Waals surface area (Å²) >= 11 is 0. The van der Waals surface area contributed by atoms with Gasteiger partial charge in [-0.3, -0.25) is 4.99 Å². The predicted molar refractivity (Wildman–Crippen MR) is 108 cm³/mol. The molecule has 4 heteroatoms. The van der Waals surface area contributed by atoms with Gasteiger partial charge in [0.05, 0.1) is 0 Å². The minimum atomic E-state index is 0.0977. The summed E-state index contributed by atoms with van der Waals surface area (Å²) in [6.45, 7) is 5.36. The predicted octanol–water partition coefficient (Wildman–Crippen LogP) is 3.41. The SMILES string of the molecule is CN=C(NCc1cccc(C)c1)NCC1(c2ccccc2)CCOCC1. The first-order chi connectivity index (χ1) is 12.7. The summed E-state index contributed by atoms with van der Waals surface area (Å²) in [6.07, 6.45) is 2.05. The first-order valence-electron chi connectivity index (χ1n) is 9.35. The lowest BCUT2D eigenvalue weighted by atomic mass is 9.74. The summed E-state index contributed by atoms with van der Waals surface area (Å²) in [5, 5.41) is 6.98. The van der Waals surface area contributed by atoms with Crippen molar-refractivity contribution in [2.45, 2.75) is 31.7 Å². The van der Waals surface area contributed by atoms with Gasteiger partial charge in [-0.2, -0.15) is 0 Å². The number of benzene rings is 2. The quantitative estimate of drug-likeness (QED) is 0.641. The molecule has 1 heterocycles. The van der Waals surface area contributed by atoms with Crippen molar-refractivity contribution in [3.8, 4) is 0 Å². The number of aryl methyl sites for hydroxylation is 1. The Morgan fingerprint density at radius 1 is 1.04 bits per heavy atom. The van der Waals surface area contributed by atoms with E-state index < -0.39 is 0 Å². The molecule has 4 nitrogen and oxygen atoms in total. The van der Waals surface area contributed by atoms with Crippen LogP contribution in [0.1, 0.15) is 29.5 Å². The number of nitrogens with zero attached hydrogens (tertiary/aromatic N) is 1. The average Bonchev–Trinajstić information content (AvgIpc) is 2.69. The van der Waals surface area contributed by atoms with Crippen LogP contribution in [0.15, 0.2) is 59.6 Å². The maximum absolute atomic E-state index is 5.62. The van der Waals surface area contributed by atoms with E-state index in [-0.39, 0.29) is 5.41 Å². The van der Waals surface area contributed by atoms with Gasteiger partial charge in [-0.15, -0.1) is 0 Å². The molecule has 3 rings (SSSR count). The van der Waals surface area contributed by atoms with E-state index in [2.05, 4.69) is 77.1 Å². The summed E-state index contributed by atoms with van der Waals surface area (Å²) < 4.78 is 5.62. The summed E-state index contributed by atoms with van der Waals surface area (Å²) in [4.78, 5) is 4.40. The lowest BCUT2D eigenvalue weighted by Gasteiger charge is -2.38. The zero-order valence-corrected chi connectivity index (χ0v) is 15.8. The molecule has 0 atom stereocenters. The Hall–Kier alpha value is -2.33. The molecule has 0 amide bonds. The molecule has 2 N–H and O–H groups in total. The fraction of sp³-hybridized carbons (Fsp3) is 0.409. The molecule has 0 saturated carbocycles. The highest BCUT2D eigenvalue weighted by Crippen LogP contribution is 2.34. The van der Waals surface area contributed by atoms with Crippen LogP contribution < -0.4 is 10.6 Å².